The molecular formula is C11H19N5OS. The second-order valence-corrected chi connectivity index (χ2v) is 4.53. The maximum atomic E-state index is 12.2. The predicted octanol–water partition coefficient (Wildman–Crippen LogP) is 0.556. The highest BCUT2D eigenvalue weighted by molar-refractivity contribution is 7.80. The molecule has 0 spiro atoms. The zero-order chi connectivity index (χ0) is 13.6. The quantitative estimate of drug-likeness (QED) is 0.628. The molecule has 0 aliphatic heterocycles. The Kier molecular flexibility index (Phi) is 5.21. The van der Waals surface area contributed by atoms with Crippen LogP contribution in [0.15, 0.2) is 6.33 Å². The average molecular weight is 269 g/mol. The number of aromatic nitrogens is 3. The SMILES string of the molecule is CCC(CC)(C(=O)NCCc1ncn[nH]1)C(N)=S. The topological polar surface area (TPSA) is 96.7 Å². The van der Waals surface area contributed by atoms with Gasteiger partial charge in [0.1, 0.15) is 12.2 Å². The van der Waals surface area contributed by atoms with Crippen molar-refractivity contribution in [1.29, 1.82) is 0 Å². The van der Waals surface area contributed by atoms with E-state index in [2.05, 4.69) is 20.5 Å². The van der Waals surface area contributed by atoms with Crippen LogP contribution in [-0.4, -0.2) is 32.6 Å². The van der Waals surface area contributed by atoms with Crippen molar-refractivity contribution in [2.24, 2.45) is 11.1 Å². The first kappa shape index (κ1) is 14.6. The monoisotopic (exact) mass is 269 g/mol. The van der Waals surface area contributed by atoms with Crippen LogP contribution >= 0.6 is 12.2 Å². The van der Waals surface area contributed by atoms with Gasteiger partial charge in [-0.05, 0) is 12.8 Å². The fourth-order valence-electron chi connectivity index (χ4n) is 1.85. The van der Waals surface area contributed by atoms with Gasteiger partial charge in [-0.2, -0.15) is 5.10 Å². The number of H-pyrrole nitrogens is 1. The lowest BCUT2D eigenvalue weighted by molar-refractivity contribution is -0.127. The normalized spacial score (nSPS) is 11.2. The molecule has 0 aliphatic carbocycles. The van der Waals surface area contributed by atoms with Crippen molar-refractivity contribution in [3.8, 4) is 0 Å². The van der Waals surface area contributed by atoms with Crippen molar-refractivity contribution in [3.05, 3.63) is 12.2 Å². The number of aromatic amines is 1. The Morgan fingerprint density at radius 1 is 1.56 bits per heavy atom. The average Bonchev–Trinajstić information content (AvgIpc) is 2.84. The largest absolute Gasteiger partial charge is 0.392 e. The smallest absolute Gasteiger partial charge is 0.233 e. The molecule has 0 unspecified atom stereocenters. The highest BCUT2D eigenvalue weighted by Gasteiger charge is 2.37. The van der Waals surface area contributed by atoms with Crippen LogP contribution < -0.4 is 11.1 Å². The predicted molar refractivity (Wildman–Crippen MR) is 72.9 cm³/mol. The van der Waals surface area contributed by atoms with Crippen LogP contribution in [0.4, 0.5) is 0 Å². The molecule has 1 rings (SSSR count). The molecule has 0 atom stereocenters. The summed E-state index contributed by atoms with van der Waals surface area (Å²) in [7, 11) is 0. The van der Waals surface area contributed by atoms with Gasteiger partial charge in [0.05, 0.1) is 10.4 Å². The second-order valence-electron chi connectivity index (χ2n) is 4.09. The number of hydrogen-bond acceptors (Lipinski definition) is 4. The van der Waals surface area contributed by atoms with Crippen LogP contribution in [0, 0.1) is 5.41 Å². The molecule has 0 bridgehead atoms. The van der Waals surface area contributed by atoms with Gasteiger partial charge in [-0.25, -0.2) is 4.98 Å². The van der Waals surface area contributed by atoms with E-state index in [1.165, 1.54) is 6.33 Å². The Bertz CT molecular complexity index is 400. The minimum Gasteiger partial charge on any atom is -0.392 e. The minimum absolute atomic E-state index is 0.112. The summed E-state index contributed by atoms with van der Waals surface area (Å²) in [4.78, 5) is 16.4. The van der Waals surface area contributed by atoms with Gasteiger partial charge >= 0.3 is 0 Å². The lowest BCUT2D eigenvalue weighted by atomic mass is 9.81. The Balaban J connectivity index is 2.55. The summed E-state index contributed by atoms with van der Waals surface area (Å²) in [5.74, 6) is 0.628. The zero-order valence-corrected chi connectivity index (χ0v) is 11.5. The van der Waals surface area contributed by atoms with Gasteiger partial charge in [0.25, 0.3) is 0 Å². The van der Waals surface area contributed by atoms with Gasteiger partial charge in [0, 0.05) is 13.0 Å². The molecule has 0 aromatic carbocycles. The molecule has 7 heteroatoms. The summed E-state index contributed by atoms with van der Waals surface area (Å²) in [6, 6.07) is 0. The van der Waals surface area contributed by atoms with Gasteiger partial charge in [-0.15, -0.1) is 0 Å². The van der Waals surface area contributed by atoms with E-state index < -0.39 is 5.41 Å². The van der Waals surface area contributed by atoms with E-state index in [4.69, 9.17) is 18.0 Å². The first-order chi connectivity index (χ1) is 8.56. The minimum atomic E-state index is -0.739. The van der Waals surface area contributed by atoms with Gasteiger partial charge in [-0.3, -0.25) is 9.89 Å². The van der Waals surface area contributed by atoms with Crippen molar-refractivity contribution in [2.75, 3.05) is 6.54 Å². The molecule has 0 saturated heterocycles. The number of carbonyl (C=O) groups excluding carboxylic acids is 1. The first-order valence-electron chi connectivity index (χ1n) is 5.99. The Hall–Kier alpha value is -1.50. The lowest BCUT2D eigenvalue weighted by Crippen LogP contribution is -2.48. The fourth-order valence-corrected chi connectivity index (χ4v) is 2.23. The molecule has 1 aromatic heterocycles. The molecule has 4 N–H and O–H groups in total. The summed E-state index contributed by atoms with van der Waals surface area (Å²) in [6.07, 6.45) is 3.25. The number of rotatable bonds is 7. The van der Waals surface area contributed by atoms with E-state index in [1.807, 2.05) is 13.8 Å². The van der Waals surface area contributed by atoms with Gasteiger partial charge in [0.15, 0.2) is 0 Å². The molecule has 6 nitrogen and oxygen atoms in total. The van der Waals surface area contributed by atoms with Crippen LogP contribution in [0.2, 0.25) is 0 Å². The van der Waals surface area contributed by atoms with Crippen LogP contribution in [0.3, 0.4) is 0 Å². The molecule has 18 heavy (non-hydrogen) atoms. The highest BCUT2D eigenvalue weighted by atomic mass is 32.1. The maximum absolute atomic E-state index is 12.2. The van der Waals surface area contributed by atoms with Crippen molar-refractivity contribution in [2.45, 2.75) is 33.1 Å². The van der Waals surface area contributed by atoms with E-state index in [-0.39, 0.29) is 10.9 Å². The van der Waals surface area contributed by atoms with Gasteiger partial charge in [-0.1, -0.05) is 26.1 Å². The number of amides is 1. The Labute approximate surface area is 112 Å². The van der Waals surface area contributed by atoms with E-state index >= 15 is 0 Å². The van der Waals surface area contributed by atoms with Crippen molar-refractivity contribution in [3.63, 3.8) is 0 Å². The van der Waals surface area contributed by atoms with E-state index in [1.54, 1.807) is 0 Å². The van der Waals surface area contributed by atoms with E-state index in [0.29, 0.717) is 25.8 Å². The third kappa shape index (κ3) is 3.04. The molecular weight excluding hydrogens is 250 g/mol. The van der Waals surface area contributed by atoms with Crippen molar-refractivity contribution in [1.82, 2.24) is 20.5 Å². The van der Waals surface area contributed by atoms with Crippen LogP contribution in [-0.2, 0) is 11.2 Å². The highest BCUT2D eigenvalue weighted by Crippen LogP contribution is 2.27. The second kappa shape index (κ2) is 6.44. The number of hydrogen-bond donors (Lipinski definition) is 3. The standard InChI is InChI=1S/C11H19N5OS/c1-3-11(4-2,9(12)18)10(17)13-6-5-8-14-7-15-16-8/h7H,3-6H2,1-2H3,(H2,12,18)(H,13,17)(H,14,15,16). The van der Waals surface area contributed by atoms with Crippen molar-refractivity contribution >= 4 is 23.1 Å². The van der Waals surface area contributed by atoms with E-state index in [9.17, 15) is 4.79 Å². The molecule has 1 aromatic rings. The number of carbonyl (C=O) groups is 1. The molecule has 100 valence electrons. The number of nitrogens with one attached hydrogen (secondary N) is 2. The molecule has 1 heterocycles. The molecule has 0 radical (unpaired) electrons. The van der Waals surface area contributed by atoms with Gasteiger partial charge in [0.2, 0.25) is 5.91 Å². The third-order valence-corrected chi connectivity index (χ3v) is 3.62. The maximum Gasteiger partial charge on any atom is 0.233 e. The Morgan fingerprint density at radius 2 is 2.22 bits per heavy atom. The van der Waals surface area contributed by atoms with Crippen LogP contribution in [0.1, 0.15) is 32.5 Å². The lowest BCUT2D eigenvalue weighted by Gasteiger charge is -2.28. The number of nitrogens with two attached hydrogens (primary N) is 1. The summed E-state index contributed by atoms with van der Waals surface area (Å²) >= 11 is 5.02. The summed E-state index contributed by atoms with van der Waals surface area (Å²) in [5.41, 5.74) is 4.96. The first-order valence-corrected chi connectivity index (χ1v) is 6.40. The molecule has 0 fully saturated rings. The molecule has 0 aliphatic rings. The summed E-state index contributed by atoms with van der Waals surface area (Å²) < 4.78 is 0. The summed E-state index contributed by atoms with van der Waals surface area (Å²) in [6.45, 7) is 4.32. The van der Waals surface area contributed by atoms with Gasteiger partial charge < -0.3 is 11.1 Å². The van der Waals surface area contributed by atoms with Crippen LogP contribution in [0.5, 0.6) is 0 Å². The Morgan fingerprint density at radius 3 is 2.67 bits per heavy atom. The van der Waals surface area contributed by atoms with Crippen molar-refractivity contribution < 1.29 is 4.79 Å². The molecule has 0 saturated carbocycles. The summed E-state index contributed by atoms with van der Waals surface area (Å²) in [5, 5.41) is 9.33. The number of nitrogens with zero attached hydrogens (tertiary/aromatic N) is 2. The van der Waals surface area contributed by atoms with Crippen LogP contribution in [0.25, 0.3) is 0 Å². The zero-order valence-electron chi connectivity index (χ0n) is 10.7. The number of thiocarbonyl (C=S) groups is 1. The third-order valence-electron chi connectivity index (χ3n) is 3.23. The van der Waals surface area contributed by atoms with E-state index in [0.717, 1.165) is 5.82 Å². The molecule has 1 amide bonds. The fraction of sp³-hybridized carbons (Fsp3) is 0.636.